The molecule has 120 valence electrons. The van der Waals surface area contributed by atoms with Crippen molar-refractivity contribution in [3.63, 3.8) is 0 Å². The monoisotopic (exact) mass is 317 g/mol. The molecule has 23 heavy (non-hydrogen) atoms. The Balaban J connectivity index is 2.32. The molecule has 0 aliphatic carbocycles. The molecule has 8 heteroatoms. The van der Waals surface area contributed by atoms with E-state index in [2.05, 4.69) is 4.98 Å². The molecule has 0 atom stereocenters. The predicted octanol–water partition coefficient (Wildman–Crippen LogP) is 1.93. The van der Waals surface area contributed by atoms with Crippen LogP contribution in [-0.2, 0) is 0 Å². The van der Waals surface area contributed by atoms with Crippen LogP contribution >= 0.6 is 0 Å². The molecule has 1 heterocycles. The van der Waals surface area contributed by atoms with Gasteiger partial charge in [0, 0.05) is 0 Å². The Morgan fingerprint density at radius 2 is 1.78 bits per heavy atom. The van der Waals surface area contributed by atoms with E-state index in [1.807, 2.05) is 18.8 Å². The standard InChI is InChI=1S/C15H15N3O5/c1-9(2)23-11-6-3-10(4-7-11)5-8-12-13(18(21)22)14(19)17-15(20)16-12/h3-9H,1-2H3,(H2,16,17,19,20)/b8-5+. The molecule has 0 saturated heterocycles. The minimum atomic E-state index is -1.04. The molecule has 0 radical (unpaired) electrons. The van der Waals surface area contributed by atoms with E-state index in [4.69, 9.17) is 4.74 Å². The highest BCUT2D eigenvalue weighted by molar-refractivity contribution is 5.71. The molecule has 0 bridgehead atoms. The van der Waals surface area contributed by atoms with Crippen molar-refractivity contribution >= 4 is 17.8 Å². The van der Waals surface area contributed by atoms with Gasteiger partial charge in [-0.2, -0.15) is 0 Å². The zero-order chi connectivity index (χ0) is 17.0. The normalized spacial score (nSPS) is 11.1. The molecular weight excluding hydrogens is 302 g/mol. The van der Waals surface area contributed by atoms with Gasteiger partial charge in [-0.25, -0.2) is 4.79 Å². The number of hydrogen-bond donors (Lipinski definition) is 2. The molecule has 0 fully saturated rings. The highest BCUT2D eigenvalue weighted by atomic mass is 16.6. The van der Waals surface area contributed by atoms with Crippen LogP contribution in [0.5, 0.6) is 5.75 Å². The lowest BCUT2D eigenvalue weighted by atomic mass is 10.2. The Morgan fingerprint density at radius 1 is 1.13 bits per heavy atom. The molecular formula is C15H15N3O5. The first-order valence-electron chi connectivity index (χ1n) is 6.82. The quantitative estimate of drug-likeness (QED) is 0.645. The van der Waals surface area contributed by atoms with Crippen LogP contribution in [0.1, 0.15) is 25.1 Å². The van der Waals surface area contributed by atoms with Crippen molar-refractivity contribution in [2.24, 2.45) is 0 Å². The second kappa shape index (κ2) is 6.73. The molecule has 0 aliphatic heterocycles. The number of aromatic nitrogens is 2. The van der Waals surface area contributed by atoms with Gasteiger partial charge < -0.3 is 9.72 Å². The van der Waals surface area contributed by atoms with E-state index in [1.165, 1.54) is 6.08 Å². The third kappa shape index (κ3) is 4.16. The summed E-state index contributed by atoms with van der Waals surface area (Å²) in [6.45, 7) is 3.83. The number of aromatic amines is 2. The van der Waals surface area contributed by atoms with Crippen molar-refractivity contribution in [1.82, 2.24) is 9.97 Å². The Hall–Kier alpha value is -3.16. The van der Waals surface area contributed by atoms with Gasteiger partial charge in [-0.15, -0.1) is 0 Å². The predicted molar refractivity (Wildman–Crippen MR) is 85.5 cm³/mol. The molecule has 0 spiro atoms. The van der Waals surface area contributed by atoms with Crippen molar-refractivity contribution in [3.8, 4) is 5.75 Å². The summed E-state index contributed by atoms with van der Waals surface area (Å²) in [6.07, 6.45) is 2.92. The highest BCUT2D eigenvalue weighted by Crippen LogP contribution is 2.17. The van der Waals surface area contributed by atoms with Crippen LogP contribution < -0.4 is 16.0 Å². The van der Waals surface area contributed by atoms with E-state index < -0.39 is 21.9 Å². The minimum absolute atomic E-state index is 0.0557. The third-order valence-corrected chi connectivity index (χ3v) is 2.82. The van der Waals surface area contributed by atoms with E-state index in [0.717, 1.165) is 5.56 Å². The van der Waals surface area contributed by atoms with Gasteiger partial charge in [0.05, 0.1) is 11.0 Å². The Bertz CT molecular complexity index is 847. The summed E-state index contributed by atoms with van der Waals surface area (Å²) in [5.74, 6) is 0.702. The summed E-state index contributed by atoms with van der Waals surface area (Å²) in [5.41, 5.74) is -1.98. The number of rotatable bonds is 5. The van der Waals surface area contributed by atoms with Gasteiger partial charge >= 0.3 is 16.9 Å². The molecule has 1 aromatic carbocycles. The third-order valence-electron chi connectivity index (χ3n) is 2.82. The average molecular weight is 317 g/mol. The van der Waals surface area contributed by atoms with E-state index in [0.29, 0.717) is 5.75 Å². The van der Waals surface area contributed by atoms with Crippen molar-refractivity contribution in [2.75, 3.05) is 0 Å². The summed E-state index contributed by atoms with van der Waals surface area (Å²) in [4.78, 5) is 36.9. The van der Waals surface area contributed by atoms with E-state index in [1.54, 1.807) is 30.3 Å². The summed E-state index contributed by atoms with van der Waals surface area (Å²) < 4.78 is 5.51. The van der Waals surface area contributed by atoms with Gasteiger partial charge in [0.15, 0.2) is 0 Å². The first-order chi connectivity index (χ1) is 10.9. The summed E-state index contributed by atoms with van der Waals surface area (Å²) in [7, 11) is 0. The van der Waals surface area contributed by atoms with E-state index >= 15 is 0 Å². The second-order valence-electron chi connectivity index (χ2n) is 5.00. The van der Waals surface area contributed by atoms with Crippen molar-refractivity contribution in [2.45, 2.75) is 20.0 Å². The maximum absolute atomic E-state index is 11.5. The van der Waals surface area contributed by atoms with Gasteiger partial charge in [-0.3, -0.25) is 19.9 Å². The lowest BCUT2D eigenvalue weighted by Crippen LogP contribution is -2.25. The van der Waals surface area contributed by atoms with Crippen LogP contribution in [0.15, 0.2) is 33.9 Å². The van der Waals surface area contributed by atoms with Gasteiger partial charge in [-0.1, -0.05) is 18.2 Å². The number of nitrogens with one attached hydrogen (secondary N) is 2. The largest absolute Gasteiger partial charge is 0.491 e. The molecule has 0 unspecified atom stereocenters. The van der Waals surface area contributed by atoms with Crippen LogP contribution in [0, 0.1) is 10.1 Å². The molecule has 0 amide bonds. The minimum Gasteiger partial charge on any atom is -0.491 e. The van der Waals surface area contributed by atoms with Crippen LogP contribution in [-0.4, -0.2) is 21.0 Å². The average Bonchev–Trinajstić information content (AvgIpc) is 2.44. The smallest absolute Gasteiger partial charge is 0.357 e. The number of nitrogens with zero attached hydrogens (tertiary/aromatic N) is 1. The Kier molecular flexibility index (Phi) is 4.75. The lowest BCUT2D eigenvalue weighted by molar-refractivity contribution is -0.386. The number of hydrogen-bond acceptors (Lipinski definition) is 5. The number of ether oxygens (including phenoxy) is 1. The van der Waals surface area contributed by atoms with Crippen molar-refractivity contribution in [3.05, 3.63) is 66.5 Å². The van der Waals surface area contributed by atoms with Crippen LogP contribution in [0.25, 0.3) is 12.2 Å². The van der Waals surface area contributed by atoms with E-state index in [-0.39, 0.29) is 11.8 Å². The SMILES string of the molecule is CC(C)Oc1ccc(/C=C/c2[nH]c(=O)[nH]c(=O)c2[N+](=O)[O-])cc1. The number of benzene rings is 1. The Morgan fingerprint density at radius 3 is 2.35 bits per heavy atom. The van der Waals surface area contributed by atoms with Crippen LogP contribution in [0.2, 0.25) is 0 Å². The van der Waals surface area contributed by atoms with Gasteiger partial charge in [-0.05, 0) is 37.6 Å². The first kappa shape index (κ1) is 16.2. The summed E-state index contributed by atoms with van der Waals surface area (Å²) in [5, 5.41) is 10.9. The van der Waals surface area contributed by atoms with Gasteiger partial charge in [0.25, 0.3) is 0 Å². The molecule has 1 aromatic heterocycles. The fourth-order valence-corrected chi connectivity index (χ4v) is 1.91. The van der Waals surface area contributed by atoms with Gasteiger partial charge in [0.1, 0.15) is 11.4 Å². The Labute approximate surface area is 130 Å². The summed E-state index contributed by atoms with van der Waals surface area (Å²) >= 11 is 0. The first-order valence-corrected chi connectivity index (χ1v) is 6.82. The molecule has 2 rings (SSSR count). The summed E-state index contributed by atoms with van der Waals surface area (Å²) in [6, 6.07) is 7.03. The molecule has 8 nitrogen and oxygen atoms in total. The van der Waals surface area contributed by atoms with Crippen LogP contribution in [0.3, 0.4) is 0 Å². The maximum Gasteiger partial charge on any atom is 0.357 e. The molecule has 0 aliphatic rings. The molecule has 0 saturated carbocycles. The second-order valence-corrected chi connectivity index (χ2v) is 5.00. The fraction of sp³-hybridized carbons (Fsp3) is 0.200. The fourth-order valence-electron chi connectivity index (χ4n) is 1.91. The van der Waals surface area contributed by atoms with E-state index in [9.17, 15) is 19.7 Å². The molecule has 2 N–H and O–H groups in total. The lowest BCUT2D eigenvalue weighted by Gasteiger charge is -2.09. The number of H-pyrrole nitrogens is 2. The van der Waals surface area contributed by atoms with Crippen LogP contribution in [0.4, 0.5) is 5.69 Å². The zero-order valence-corrected chi connectivity index (χ0v) is 12.5. The zero-order valence-electron chi connectivity index (χ0n) is 12.5. The highest BCUT2D eigenvalue weighted by Gasteiger charge is 2.18. The van der Waals surface area contributed by atoms with Gasteiger partial charge in [0.2, 0.25) is 0 Å². The topological polar surface area (TPSA) is 118 Å². The maximum atomic E-state index is 11.5. The molecule has 2 aromatic rings. The number of nitro groups is 1. The van der Waals surface area contributed by atoms with Crippen molar-refractivity contribution in [1.29, 1.82) is 0 Å². The van der Waals surface area contributed by atoms with Crippen molar-refractivity contribution < 1.29 is 9.66 Å².